The van der Waals surface area contributed by atoms with E-state index in [0.717, 1.165) is 23.8 Å². The van der Waals surface area contributed by atoms with Crippen molar-refractivity contribution in [3.05, 3.63) is 23.8 Å². The summed E-state index contributed by atoms with van der Waals surface area (Å²) in [7, 11) is 0. The second-order valence-corrected chi connectivity index (χ2v) is 8.39. The van der Waals surface area contributed by atoms with Crippen molar-refractivity contribution in [3.8, 4) is 0 Å². The van der Waals surface area contributed by atoms with Gasteiger partial charge < -0.3 is 4.74 Å². The van der Waals surface area contributed by atoms with Crippen LogP contribution in [0.5, 0.6) is 0 Å². The Balaban J connectivity index is 1.65. The Morgan fingerprint density at radius 1 is 1.20 bits per heavy atom. The Morgan fingerprint density at radius 2 is 1.84 bits per heavy atom. The van der Waals surface area contributed by atoms with Crippen LogP contribution in [0, 0.1) is 10.8 Å². The lowest BCUT2D eigenvalue weighted by Gasteiger charge is -2.36. The number of aromatic nitrogens is 1. The molecule has 4 heterocycles. The molecule has 3 aliphatic heterocycles. The summed E-state index contributed by atoms with van der Waals surface area (Å²) in [6, 6.07) is 5.14. The second-order valence-electron chi connectivity index (χ2n) is 7.38. The maximum Gasteiger partial charge on any atom is 0.245 e. The highest BCUT2D eigenvalue weighted by Gasteiger charge is 2.77. The van der Waals surface area contributed by atoms with Gasteiger partial charge in [0.1, 0.15) is 6.29 Å². The van der Waals surface area contributed by atoms with Gasteiger partial charge in [0.2, 0.25) is 11.8 Å². The van der Waals surface area contributed by atoms with Crippen LogP contribution in [0.25, 0.3) is 10.2 Å². The Kier molecular flexibility index (Phi) is 2.75. The van der Waals surface area contributed by atoms with Crippen LogP contribution in [0.3, 0.4) is 0 Å². The Morgan fingerprint density at radius 3 is 2.44 bits per heavy atom. The SMILES string of the molecule is CC12C(=O)N(c3nc4ccc(C=O)cc4s3)C(=O)[C@@]1(C)[C@@H]1CC[C@H]2O1. The van der Waals surface area contributed by atoms with Crippen LogP contribution in [0.4, 0.5) is 5.13 Å². The van der Waals surface area contributed by atoms with Crippen LogP contribution < -0.4 is 4.90 Å². The minimum Gasteiger partial charge on any atom is -0.373 e. The number of imide groups is 1. The molecule has 1 aromatic heterocycles. The summed E-state index contributed by atoms with van der Waals surface area (Å²) in [5, 5.41) is 0.379. The summed E-state index contributed by atoms with van der Waals surface area (Å²) >= 11 is 1.26. The first kappa shape index (κ1) is 15.2. The molecule has 0 aliphatic carbocycles. The minimum absolute atomic E-state index is 0.208. The largest absolute Gasteiger partial charge is 0.373 e. The van der Waals surface area contributed by atoms with Gasteiger partial charge in [-0.2, -0.15) is 0 Å². The maximum atomic E-state index is 13.3. The molecule has 3 saturated heterocycles. The molecule has 2 bridgehead atoms. The number of carbonyl (C=O) groups is 3. The van der Waals surface area contributed by atoms with Crippen molar-refractivity contribution >= 4 is 44.8 Å². The van der Waals surface area contributed by atoms with Gasteiger partial charge in [-0.1, -0.05) is 11.3 Å². The molecule has 4 atom stereocenters. The molecule has 1 aromatic carbocycles. The first-order valence-corrected chi connectivity index (χ1v) is 9.13. The number of hydrogen-bond acceptors (Lipinski definition) is 6. The quantitative estimate of drug-likeness (QED) is 0.610. The molecule has 5 rings (SSSR count). The van der Waals surface area contributed by atoms with Gasteiger partial charge in [0, 0.05) is 5.56 Å². The zero-order chi connectivity index (χ0) is 17.6. The van der Waals surface area contributed by atoms with Gasteiger partial charge >= 0.3 is 0 Å². The second kappa shape index (κ2) is 4.53. The molecule has 2 aromatic rings. The van der Waals surface area contributed by atoms with E-state index in [2.05, 4.69) is 4.98 Å². The number of benzene rings is 1. The first-order valence-electron chi connectivity index (χ1n) is 8.31. The van der Waals surface area contributed by atoms with Gasteiger partial charge in [-0.15, -0.1) is 0 Å². The van der Waals surface area contributed by atoms with Crippen LogP contribution in [0.15, 0.2) is 18.2 Å². The first-order chi connectivity index (χ1) is 11.9. The van der Waals surface area contributed by atoms with E-state index in [1.165, 1.54) is 16.2 Å². The summed E-state index contributed by atoms with van der Waals surface area (Å²) in [5.41, 5.74) is -0.445. The van der Waals surface area contributed by atoms with Crippen LogP contribution >= 0.6 is 11.3 Å². The molecule has 0 radical (unpaired) electrons. The lowest BCUT2D eigenvalue weighted by atomic mass is 9.59. The van der Waals surface area contributed by atoms with Gasteiger partial charge in [-0.3, -0.25) is 14.4 Å². The van der Waals surface area contributed by atoms with Crippen molar-refractivity contribution in [2.75, 3.05) is 4.90 Å². The molecule has 7 heteroatoms. The fourth-order valence-electron chi connectivity index (χ4n) is 4.70. The highest BCUT2D eigenvalue weighted by atomic mass is 32.1. The molecule has 25 heavy (non-hydrogen) atoms. The zero-order valence-corrected chi connectivity index (χ0v) is 14.6. The van der Waals surface area contributed by atoms with Crippen molar-refractivity contribution in [3.63, 3.8) is 0 Å². The average molecular weight is 356 g/mol. The molecular weight excluding hydrogens is 340 g/mol. The molecule has 3 fully saturated rings. The molecule has 6 nitrogen and oxygen atoms in total. The number of ether oxygens (including phenoxy) is 1. The summed E-state index contributed by atoms with van der Waals surface area (Å²) in [4.78, 5) is 43.2. The van der Waals surface area contributed by atoms with Crippen molar-refractivity contribution in [1.82, 2.24) is 4.98 Å². The van der Waals surface area contributed by atoms with Gasteiger partial charge in [0.05, 0.1) is 33.3 Å². The molecule has 0 spiro atoms. The van der Waals surface area contributed by atoms with E-state index in [-0.39, 0.29) is 24.0 Å². The number of aldehydes is 1. The van der Waals surface area contributed by atoms with Crippen molar-refractivity contribution in [1.29, 1.82) is 0 Å². The molecule has 128 valence electrons. The minimum atomic E-state index is -0.835. The monoisotopic (exact) mass is 356 g/mol. The van der Waals surface area contributed by atoms with Crippen molar-refractivity contribution in [2.45, 2.75) is 38.9 Å². The van der Waals surface area contributed by atoms with E-state index in [0.29, 0.717) is 16.2 Å². The smallest absolute Gasteiger partial charge is 0.245 e. The van der Waals surface area contributed by atoms with E-state index >= 15 is 0 Å². The molecular formula is C18H16N2O4S. The zero-order valence-electron chi connectivity index (χ0n) is 13.8. The maximum absolute atomic E-state index is 13.3. The number of amides is 2. The molecule has 2 amide bonds. The standard InChI is InChI=1S/C18H16N2O4S/c1-17-12-5-6-13(24-12)18(17,2)15(23)20(14(17)22)16-19-10-4-3-9(8-21)7-11(10)25-16/h3-4,7-8,12-13H,5-6H2,1-2H3/t12-,13+,17+,18?/m0/s1. The lowest BCUT2D eigenvalue weighted by Crippen LogP contribution is -2.48. The molecule has 1 unspecified atom stereocenters. The number of rotatable bonds is 2. The van der Waals surface area contributed by atoms with E-state index in [1.807, 2.05) is 13.8 Å². The molecule has 0 saturated carbocycles. The van der Waals surface area contributed by atoms with Crippen LogP contribution in [-0.4, -0.2) is 35.3 Å². The van der Waals surface area contributed by atoms with Crippen molar-refractivity contribution in [2.24, 2.45) is 10.8 Å². The predicted octanol–water partition coefficient (Wildman–Crippen LogP) is 2.56. The highest BCUT2D eigenvalue weighted by Crippen LogP contribution is 2.64. The Bertz CT molecular complexity index is 935. The topological polar surface area (TPSA) is 76.6 Å². The van der Waals surface area contributed by atoms with Crippen LogP contribution in [0.2, 0.25) is 0 Å². The number of hydrogen-bond donors (Lipinski definition) is 0. The van der Waals surface area contributed by atoms with Gasteiger partial charge in [-0.25, -0.2) is 9.88 Å². The Hall–Kier alpha value is -2.12. The summed E-state index contributed by atoms with van der Waals surface area (Å²) in [6.45, 7) is 3.71. The highest BCUT2D eigenvalue weighted by molar-refractivity contribution is 7.22. The fraction of sp³-hybridized carbons (Fsp3) is 0.444. The number of anilines is 1. The third kappa shape index (κ3) is 1.54. The van der Waals surface area contributed by atoms with Crippen LogP contribution in [0.1, 0.15) is 37.0 Å². The molecule has 0 N–H and O–H groups in total. The number of nitrogens with zero attached hydrogens (tertiary/aromatic N) is 2. The summed E-state index contributed by atoms with van der Waals surface area (Å²) in [6.07, 6.45) is 1.98. The van der Waals surface area contributed by atoms with E-state index in [4.69, 9.17) is 4.74 Å². The number of thiazole rings is 1. The Labute approximate surface area is 147 Å². The van der Waals surface area contributed by atoms with Crippen molar-refractivity contribution < 1.29 is 19.1 Å². The van der Waals surface area contributed by atoms with Gasteiger partial charge in [-0.05, 0) is 44.9 Å². The predicted molar refractivity (Wildman–Crippen MR) is 91.6 cm³/mol. The van der Waals surface area contributed by atoms with E-state index in [1.54, 1.807) is 18.2 Å². The third-order valence-corrected chi connectivity index (χ3v) is 7.41. The molecule has 3 aliphatic rings. The van der Waals surface area contributed by atoms with E-state index < -0.39 is 10.8 Å². The fourth-order valence-corrected chi connectivity index (χ4v) is 5.71. The number of carbonyl (C=O) groups excluding carboxylic acids is 3. The lowest BCUT2D eigenvalue weighted by molar-refractivity contribution is -0.132. The van der Waals surface area contributed by atoms with Gasteiger partial charge in [0.15, 0.2) is 5.13 Å². The van der Waals surface area contributed by atoms with Crippen LogP contribution in [-0.2, 0) is 14.3 Å². The van der Waals surface area contributed by atoms with E-state index in [9.17, 15) is 14.4 Å². The summed E-state index contributed by atoms with van der Waals surface area (Å²) in [5.74, 6) is -0.441. The number of fused-ring (bicyclic) bond motifs is 6. The van der Waals surface area contributed by atoms with Gasteiger partial charge in [0.25, 0.3) is 0 Å². The normalized spacial score (nSPS) is 36.5. The third-order valence-electron chi connectivity index (χ3n) is 6.41. The summed E-state index contributed by atoms with van der Waals surface area (Å²) < 4.78 is 6.72. The average Bonchev–Trinajstić information content (AvgIpc) is 3.32.